The van der Waals surface area contributed by atoms with E-state index in [2.05, 4.69) is 0 Å². The lowest BCUT2D eigenvalue weighted by atomic mass is 10.2. The number of nitriles is 1. The van der Waals surface area contributed by atoms with Gasteiger partial charge in [-0.05, 0) is 19.1 Å². The van der Waals surface area contributed by atoms with Crippen molar-refractivity contribution in [2.45, 2.75) is 13.0 Å². The first-order valence-corrected chi connectivity index (χ1v) is 5.09. The molecule has 17 heavy (non-hydrogen) atoms. The lowest BCUT2D eigenvalue weighted by Gasteiger charge is -2.21. The summed E-state index contributed by atoms with van der Waals surface area (Å²) in [5.41, 5.74) is 0.474. The van der Waals surface area contributed by atoms with Gasteiger partial charge in [-0.2, -0.15) is 5.26 Å². The Balaban J connectivity index is 2.97. The summed E-state index contributed by atoms with van der Waals surface area (Å²) in [7, 11) is 0. The van der Waals surface area contributed by atoms with Crippen LogP contribution in [0.3, 0.4) is 0 Å². The molecule has 0 N–H and O–H groups in total. The summed E-state index contributed by atoms with van der Waals surface area (Å²) in [6.45, 7) is 1.80. The van der Waals surface area contributed by atoms with Crippen LogP contribution >= 0.6 is 0 Å². The van der Waals surface area contributed by atoms with Crippen molar-refractivity contribution in [3.05, 3.63) is 30.3 Å². The molecule has 0 fully saturated rings. The van der Waals surface area contributed by atoms with Crippen LogP contribution in [0.5, 0.6) is 0 Å². The molecule has 0 saturated heterocycles. The van der Waals surface area contributed by atoms with Crippen LogP contribution in [0.1, 0.15) is 6.92 Å². The Morgan fingerprint density at radius 1 is 1.53 bits per heavy atom. The zero-order valence-electron chi connectivity index (χ0n) is 9.37. The lowest BCUT2D eigenvalue weighted by molar-refractivity contribution is -0.143. The number of anilines is 1. The minimum Gasteiger partial charge on any atom is -0.464 e. The monoisotopic (exact) mass is 232 g/mol. The quantitative estimate of drug-likeness (QED) is 0.563. The molecule has 0 aromatic heterocycles. The normalized spacial score (nSPS) is 11.1. The van der Waals surface area contributed by atoms with E-state index >= 15 is 0 Å². The topological polar surface area (TPSA) is 70.4 Å². The highest BCUT2D eigenvalue weighted by molar-refractivity contribution is 5.91. The van der Waals surface area contributed by atoms with E-state index in [9.17, 15) is 9.59 Å². The molecule has 5 heteroatoms. The highest BCUT2D eigenvalue weighted by Crippen LogP contribution is 2.15. The van der Waals surface area contributed by atoms with Crippen LogP contribution in [0.15, 0.2) is 30.3 Å². The Morgan fingerprint density at radius 2 is 2.18 bits per heavy atom. The van der Waals surface area contributed by atoms with E-state index in [0.717, 1.165) is 4.90 Å². The first-order valence-electron chi connectivity index (χ1n) is 5.09. The Bertz CT molecular complexity index is 425. The number of carbonyl (C=O) groups is 2. The Kier molecular flexibility index (Phi) is 4.70. The van der Waals surface area contributed by atoms with E-state index in [1.807, 2.05) is 0 Å². The summed E-state index contributed by atoms with van der Waals surface area (Å²) >= 11 is 0. The van der Waals surface area contributed by atoms with Gasteiger partial charge in [0, 0.05) is 5.69 Å². The number of amides is 1. The van der Waals surface area contributed by atoms with Crippen molar-refractivity contribution in [3.63, 3.8) is 0 Å². The van der Waals surface area contributed by atoms with E-state index < -0.39 is 12.0 Å². The summed E-state index contributed by atoms with van der Waals surface area (Å²) in [4.78, 5) is 23.5. The minimum absolute atomic E-state index is 0.165. The second-order valence-electron chi connectivity index (χ2n) is 3.13. The summed E-state index contributed by atoms with van der Waals surface area (Å²) < 4.78 is 4.74. The summed E-state index contributed by atoms with van der Waals surface area (Å²) in [5.74, 6) is -0.731. The third-order valence-corrected chi connectivity index (χ3v) is 2.08. The first-order chi connectivity index (χ1) is 8.24. The fraction of sp³-hybridized carbons (Fsp3) is 0.250. The Labute approximate surface area is 99.2 Å². The van der Waals surface area contributed by atoms with Crippen LogP contribution in [0, 0.1) is 11.3 Å². The number of benzene rings is 1. The third kappa shape index (κ3) is 3.05. The summed E-state index contributed by atoms with van der Waals surface area (Å²) in [6.07, 6.45) is 0.445. The third-order valence-electron chi connectivity index (χ3n) is 2.08. The molecule has 0 radical (unpaired) electrons. The summed E-state index contributed by atoms with van der Waals surface area (Å²) in [5, 5.41) is 8.93. The zero-order valence-corrected chi connectivity index (χ0v) is 9.37. The largest absolute Gasteiger partial charge is 0.464 e. The standard InChI is InChI=1S/C12H12N2O3/c1-2-17-12(16)11(8-13)14(9-15)10-6-4-3-5-7-10/h3-7,9,11H,2H2,1H3. The van der Waals surface area contributed by atoms with Crippen LogP contribution in [-0.2, 0) is 14.3 Å². The number of esters is 1. The molecule has 0 bridgehead atoms. The highest BCUT2D eigenvalue weighted by atomic mass is 16.5. The number of carbonyl (C=O) groups excluding carboxylic acids is 2. The predicted octanol–water partition coefficient (Wildman–Crippen LogP) is 1.10. The average molecular weight is 232 g/mol. The van der Waals surface area contributed by atoms with Crippen molar-refractivity contribution in [2.75, 3.05) is 11.5 Å². The highest BCUT2D eigenvalue weighted by Gasteiger charge is 2.27. The van der Waals surface area contributed by atoms with Crippen molar-refractivity contribution < 1.29 is 14.3 Å². The molecule has 0 saturated carbocycles. The second kappa shape index (κ2) is 6.28. The van der Waals surface area contributed by atoms with Crippen LogP contribution in [0.2, 0.25) is 0 Å². The van der Waals surface area contributed by atoms with Gasteiger partial charge in [0.15, 0.2) is 0 Å². The van der Waals surface area contributed by atoms with E-state index in [4.69, 9.17) is 10.00 Å². The van der Waals surface area contributed by atoms with Gasteiger partial charge in [-0.15, -0.1) is 0 Å². The van der Waals surface area contributed by atoms with Gasteiger partial charge in [0.05, 0.1) is 6.61 Å². The second-order valence-corrected chi connectivity index (χ2v) is 3.13. The molecule has 1 unspecified atom stereocenters. The van der Waals surface area contributed by atoms with Crippen molar-refractivity contribution in [1.29, 1.82) is 5.26 Å². The van der Waals surface area contributed by atoms with Crippen molar-refractivity contribution in [3.8, 4) is 6.07 Å². The maximum Gasteiger partial charge on any atom is 0.344 e. The molecule has 1 aromatic rings. The molecule has 0 heterocycles. The summed E-state index contributed by atoms with van der Waals surface area (Å²) in [6, 6.07) is 8.98. The molecule has 0 aliphatic rings. The van der Waals surface area contributed by atoms with Crippen LogP contribution in [0.25, 0.3) is 0 Å². The maximum absolute atomic E-state index is 11.5. The number of ether oxygens (including phenoxy) is 1. The van der Waals surface area contributed by atoms with Crippen LogP contribution in [0.4, 0.5) is 5.69 Å². The fourth-order valence-corrected chi connectivity index (χ4v) is 1.32. The molecule has 1 aromatic carbocycles. The molecule has 0 aliphatic heterocycles. The van der Waals surface area contributed by atoms with E-state index in [-0.39, 0.29) is 6.61 Å². The lowest BCUT2D eigenvalue weighted by Crippen LogP contribution is -2.40. The molecule has 5 nitrogen and oxygen atoms in total. The van der Waals surface area contributed by atoms with Gasteiger partial charge in [0.1, 0.15) is 6.07 Å². The smallest absolute Gasteiger partial charge is 0.344 e. The maximum atomic E-state index is 11.5. The van der Waals surface area contributed by atoms with Gasteiger partial charge in [-0.3, -0.25) is 9.69 Å². The van der Waals surface area contributed by atoms with Gasteiger partial charge in [0.25, 0.3) is 0 Å². The predicted molar refractivity (Wildman–Crippen MR) is 61.0 cm³/mol. The Morgan fingerprint density at radius 3 is 2.65 bits per heavy atom. The van der Waals surface area contributed by atoms with Gasteiger partial charge < -0.3 is 4.74 Å². The van der Waals surface area contributed by atoms with Crippen LogP contribution < -0.4 is 4.90 Å². The molecular formula is C12H12N2O3. The minimum atomic E-state index is -1.25. The molecule has 0 aliphatic carbocycles. The number of nitrogens with zero attached hydrogens (tertiary/aromatic N) is 2. The van der Waals surface area contributed by atoms with Gasteiger partial charge in [-0.25, -0.2) is 4.79 Å². The average Bonchev–Trinajstić information content (AvgIpc) is 2.37. The first kappa shape index (κ1) is 12.7. The van der Waals surface area contributed by atoms with Crippen molar-refractivity contribution in [2.24, 2.45) is 0 Å². The molecule has 88 valence electrons. The number of para-hydroxylation sites is 1. The zero-order chi connectivity index (χ0) is 12.7. The van der Waals surface area contributed by atoms with E-state index in [0.29, 0.717) is 12.1 Å². The fourth-order valence-electron chi connectivity index (χ4n) is 1.32. The number of rotatable bonds is 5. The number of hydrogen-bond donors (Lipinski definition) is 0. The van der Waals surface area contributed by atoms with Gasteiger partial charge in [-0.1, -0.05) is 18.2 Å². The van der Waals surface area contributed by atoms with Gasteiger partial charge in [0.2, 0.25) is 12.5 Å². The van der Waals surface area contributed by atoms with Crippen LogP contribution in [-0.4, -0.2) is 25.0 Å². The SMILES string of the molecule is CCOC(=O)C(C#N)N(C=O)c1ccccc1. The molecule has 1 amide bonds. The molecule has 1 atom stereocenters. The molecule has 1 rings (SSSR count). The molecule has 0 spiro atoms. The molecular weight excluding hydrogens is 220 g/mol. The van der Waals surface area contributed by atoms with Crippen molar-refractivity contribution in [1.82, 2.24) is 0 Å². The number of hydrogen-bond acceptors (Lipinski definition) is 4. The Hall–Kier alpha value is -2.35. The van der Waals surface area contributed by atoms with Crippen molar-refractivity contribution >= 4 is 18.1 Å². The van der Waals surface area contributed by atoms with E-state index in [1.165, 1.54) is 0 Å². The van der Waals surface area contributed by atoms with Gasteiger partial charge >= 0.3 is 5.97 Å². The van der Waals surface area contributed by atoms with E-state index in [1.54, 1.807) is 43.3 Å².